The van der Waals surface area contributed by atoms with E-state index in [4.69, 9.17) is 9.52 Å². The fourth-order valence-electron chi connectivity index (χ4n) is 2.55. The molecule has 0 saturated heterocycles. The van der Waals surface area contributed by atoms with Gasteiger partial charge in [-0.15, -0.1) is 0 Å². The third kappa shape index (κ3) is 3.45. The molecule has 114 valence electrons. The highest BCUT2D eigenvalue weighted by Crippen LogP contribution is 2.29. The van der Waals surface area contributed by atoms with Crippen molar-refractivity contribution in [3.8, 4) is 0 Å². The van der Waals surface area contributed by atoms with Gasteiger partial charge in [0.1, 0.15) is 5.58 Å². The first kappa shape index (κ1) is 15.6. The summed E-state index contributed by atoms with van der Waals surface area (Å²) in [6, 6.07) is 3.92. The largest absolute Gasteiger partial charge is 0.464 e. The molecule has 0 saturated carbocycles. The van der Waals surface area contributed by atoms with Gasteiger partial charge in [-0.25, -0.2) is 0 Å². The maximum Gasteiger partial charge on any atom is 0.224 e. The number of fused-ring (bicyclic) bond motifs is 1. The summed E-state index contributed by atoms with van der Waals surface area (Å²) in [5, 5.41) is 12.7. The average Bonchev–Trinajstić information content (AvgIpc) is 2.79. The van der Waals surface area contributed by atoms with Gasteiger partial charge in [0.05, 0.1) is 19.3 Å². The molecule has 1 atom stereocenters. The molecule has 1 aromatic carbocycles. The number of furan rings is 1. The lowest BCUT2D eigenvalue weighted by atomic mass is 9.95. The molecule has 1 aromatic heterocycles. The van der Waals surface area contributed by atoms with Crippen LogP contribution in [0.4, 0.5) is 0 Å². The number of carbonyl (C=O) groups is 1. The van der Waals surface area contributed by atoms with Gasteiger partial charge < -0.3 is 14.8 Å². The number of benzene rings is 1. The van der Waals surface area contributed by atoms with Gasteiger partial charge in [0.2, 0.25) is 5.91 Å². The van der Waals surface area contributed by atoms with Crippen LogP contribution in [0.3, 0.4) is 0 Å². The summed E-state index contributed by atoms with van der Waals surface area (Å²) in [7, 11) is 0. The first-order chi connectivity index (χ1) is 9.92. The summed E-state index contributed by atoms with van der Waals surface area (Å²) in [5.74, 6) is 0.325. The quantitative estimate of drug-likeness (QED) is 0.889. The Bertz CT molecular complexity index is 643. The Morgan fingerprint density at radius 3 is 2.67 bits per heavy atom. The van der Waals surface area contributed by atoms with Crippen LogP contribution in [-0.4, -0.2) is 23.7 Å². The number of aliphatic hydroxyl groups is 1. The molecule has 0 aliphatic rings. The van der Waals surface area contributed by atoms with Crippen LogP contribution in [0, 0.1) is 6.92 Å². The van der Waals surface area contributed by atoms with Gasteiger partial charge >= 0.3 is 0 Å². The summed E-state index contributed by atoms with van der Waals surface area (Å²) in [6.45, 7) is 8.10. The molecule has 1 heterocycles. The Labute approximate surface area is 125 Å². The first-order valence-electron chi connectivity index (χ1n) is 7.33. The number of rotatable bonds is 5. The van der Waals surface area contributed by atoms with Crippen LogP contribution < -0.4 is 5.32 Å². The summed E-state index contributed by atoms with van der Waals surface area (Å²) in [4.78, 5) is 11.9. The molecule has 0 bridgehead atoms. The zero-order valence-electron chi connectivity index (χ0n) is 13.1. The van der Waals surface area contributed by atoms with Crippen molar-refractivity contribution < 1.29 is 14.3 Å². The molecule has 2 N–H and O–H groups in total. The van der Waals surface area contributed by atoms with Gasteiger partial charge in [-0.3, -0.25) is 4.79 Å². The van der Waals surface area contributed by atoms with Crippen LogP contribution in [0.15, 0.2) is 22.8 Å². The van der Waals surface area contributed by atoms with Crippen LogP contribution in [-0.2, 0) is 11.2 Å². The van der Waals surface area contributed by atoms with Gasteiger partial charge in [-0.1, -0.05) is 13.8 Å². The monoisotopic (exact) mass is 289 g/mol. The number of nitrogens with one attached hydrogen (secondary N) is 1. The molecule has 0 fully saturated rings. The smallest absolute Gasteiger partial charge is 0.224 e. The molecule has 1 unspecified atom stereocenters. The molecular formula is C17H23NO3. The van der Waals surface area contributed by atoms with Crippen molar-refractivity contribution >= 4 is 16.9 Å². The van der Waals surface area contributed by atoms with Crippen LogP contribution in [0.25, 0.3) is 11.0 Å². The Morgan fingerprint density at radius 1 is 1.33 bits per heavy atom. The Hall–Kier alpha value is -1.81. The number of hydrogen-bond acceptors (Lipinski definition) is 3. The minimum atomic E-state index is -0.232. The highest BCUT2D eigenvalue weighted by atomic mass is 16.3. The van der Waals surface area contributed by atoms with Crippen molar-refractivity contribution in [3.63, 3.8) is 0 Å². The van der Waals surface area contributed by atoms with Crippen LogP contribution in [0.5, 0.6) is 0 Å². The second-order valence-electron chi connectivity index (χ2n) is 5.95. The fourth-order valence-corrected chi connectivity index (χ4v) is 2.55. The zero-order chi connectivity index (χ0) is 15.6. The molecule has 4 heteroatoms. The topological polar surface area (TPSA) is 62.5 Å². The van der Waals surface area contributed by atoms with E-state index in [1.165, 1.54) is 11.1 Å². The highest BCUT2D eigenvalue weighted by Gasteiger charge is 2.14. The maximum absolute atomic E-state index is 11.9. The summed E-state index contributed by atoms with van der Waals surface area (Å²) < 4.78 is 5.57. The zero-order valence-corrected chi connectivity index (χ0v) is 13.1. The second-order valence-corrected chi connectivity index (χ2v) is 5.95. The van der Waals surface area contributed by atoms with Crippen molar-refractivity contribution in [3.05, 3.63) is 35.1 Å². The van der Waals surface area contributed by atoms with Crippen LogP contribution in [0.1, 0.15) is 43.4 Å². The van der Waals surface area contributed by atoms with Crippen molar-refractivity contribution in [2.24, 2.45) is 0 Å². The van der Waals surface area contributed by atoms with E-state index in [0.717, 1.165) is 16.5 Å². The summed E-state index contributed by atoms with van der Waals surface area (Å²) in [5.41, 5.74) is 4.18. The number of carbonyl (C=O) groups excluding carboxylic acids is 1. The van der Waals surface area contributed by atoms with Crippen molar-refractivity contribution in [1.29, 1.82) is 0 Å². The van der Waals surface area contributed by atoms with E-state index < -0.39 is 0 Å². The van der Waals surface area contributed by atoms with E-state index in [0.29, 0.717) is 5.92 Å². The summed E-state index contributed by atoms with van der Waals surface area (Å²) in [6.07, 6.45) is 1.91. The van der Waals surface area contributed by atoms with E-state index in [1.54, 1.807) is 13.2 Å². The molecule has 1 amide bonds. The number of aliphatic hydroxyl groups excluding tert-OH is 1. The van der Waals surface area contributed by atoms with E-state index >= 15 is 0 Å². The van der Waals surface area contributed by atoms with Gasteiger partial charge in [-0.05, 0) is 43.0 Å². The van der Waals surface area contributed by atoms with E-state index in [-0.39, 0.29) is 25.0 Å². The highest BCUT2D eigenvalue weighted by molar-refractivity contribution is 5.88. The van der Waals surface area contributed by atoms with E-state index in [9.17, 15) is 4.79 Å². The van der Waals surface area contributed by atoms with Gasteiger partial charge in [-0.2, -0.15) is 0 Å². The predicted molar refractivity (Wildman–Crippen MR) is 83.4 cm³/mol. The van der Waals surface area contributed by atoms with Gasteiger partial charge in [0, 0.05) is 17.0 Å². The standard InChI is InChI=1S/C17H23NO3/c1-10(2)14-7-15-13(6-17(20)18-12(4)8-19)9-21-16(15)5-11(14)3/h5,7,9-10,12,19H,6,8H2,1-4H3,(H,18,20). The van der Waals surface area contributed by atoms with Crippen molar-refractivity contribution in [2.45, 2.75) is 46.1 Å². The lowest BCUT2D eigenvalue weighted by Crippen LogP contribution is -2.35. The van der Waals surface area contributed by atoms with Gasteiger partial charge in [0.25, 0.3) is 0 Å². The number of aryl methyl sites for hydroxylation is 1. The van der Waals surface area contributed by atoms with Crippen LogP contribution >= 0.6 is 0 Å². The molecule has 0 aliphatic heterocycles. The first-order valence-corrected chi connectivity index (χ1v) is 7.33. The maximum atomic E-state index is 11.9. The van der Waals surface area contributed by atoms with E-state index in [2.05, 4.69) is 32.2 Å². The molecule has 2 aromatic rings. The summed E-state index contributed by atoms with van der Waals surface area (Å²) >= 11 is 0. The molecule has 4 nitrogen and oxygen atoms in total. The molecule has 0 radical (unpaired) electrons. The Balaban J connectivity index is 2.28. The fraction of sp³-hybridized carbons (Fsp3) is 0.471. The minimum Gasteiger partial charge on any atom is -0.464 e. The van der Waals surface area contributed by atoms with Crippen LogP contribution in [0.2, 0.25) is 0 Å². The number of hydrogen-bond donors (Lipinski definition) is 2. The van der Waals surface area contributed by atoms with Crippen molar-refractivity contribution in [1.82, 2.24) is 5.32 Å². The lowest BCUT2D eigenvalue weighted by Gasteiger charge is -2.11. The lowest BCUT2D eigenvalue weighted by molar-refractivity contribution is -0.121. The molecule has 2 rings (SSSR count). The normalized spacial score (nSPS) is 12.9. The van der Waals surface area contributed by atoms with Gasteiger partial charge in [0.15, 0.2) is 0 Å². The van der Waals surface area contributed by atoms with E-state index in [1.807, 2.05) is 6.07 Å². The molecule has 0 spiro atoms. The van der Waals surface area contributed by atoms with Crippen molar-refractivity contribution in [2.75, 3.05) is 6.61 Å². The molecule has 0 aliphatic carbocycles. The minimum absolute atomic E-state index is 0.0609. The SMILES string of the molecule is Cc1cc2occ(CC(=O)NC(C)CO)c2cc1C(C)C. The Kier molecular flexibility index (Phi) is 4.68. The predicted octanol–water partition coefficient (Wildman–Crippen LogP) is 2.90. The third-order valence-electron chi connectivity index (χ3n) is 3.70. The third-order valence-corrected chi connectivity index (χ3v) is 3.70. The number of amides is 1. The molecule has 21 heavy (non-hydrogen) atoms. The Morgan fingerprint density at radius 2 is 2.05 bits per heavy atom. The second kappa shape index (κ2) is 6.31. The average molecular weight is 289 g/mol. The molecular weight excluding hydrogens is 266 g/mol.